The van der Waals surface area contributed by atoms with Gasteiger partial charge in [-0.2, -0.15) is 0 Å². The number of carboxylic acid groups (broad SMARTS) is 1. The second-order valence-corrected chi connectivity index (χ2v) is 5.23. The van der Waals surface area contributed by atoms with E-state index in [0.29, 0.717) is 51.9 Å². The molecule has 0 unspecified atom stereocenters. The molecule has 1 aliphatic rings. The molecule has 1 aliphatic heterocycles. The number of primary amides is 1. The van der Waals surface area contributed by atoms with E-state index in [1.807, 2.05) is 0 Å². The zero-order valence-corrected chi connectivity index (χ0v) is 12.0. The third kappa shape index (κ3) is 5.99. The van der Waals surface area contributed by atoms with Gasteiger partial charge < -0.3 is 26.2 Å². The molecule has 1 saturated heterocycles. The van der Waals surface area contributed by atoms with Crippen LogP contribution in [-0.2, 0) is 14.3 Å². The molecule has 3 amide bonds. The SMILES string of the molecule is NC(=O)CCCCNC(=O)NCC1(C(=O)O)CCOCC1. The summed E-state index contributed by atoms with van der Waals surface area (Å²) in [7, 11) is 0. The molecule has 1 rings (SSSR count). The molecule has 0 atom stereocenters. The van der Waals surface area contributed by atoms with Gasteiger partial charge in [0, 0.05) is 32.7 Å². The van der Waals surface area contributed by atoms with Crippen molar-refractivity contribution in [2.24, 2.45) is 11.1 Å². The topological polar surface area (TPSA) is 131 Å². The summed E-state index contributed by atoms with van der Waals surface area (Å²) >= 11 is 0. The van der Waals surface area contributed by atoms with Crippen LogP contribution in [0.3, 0.4) is 0 Å². The Morgan fingerprint density at radius 1 is 1.14 bits per heavy atom. The lowest BCUT2D eigenvalue weighted by atomic mass is 9.80. The summed E-state index contributed by atoms with van der Waals surface area (Å²) in [5, 5.41) is 14.6. The van der Waals surface area contributed by atoms with Crippen LogP contribution in [0.5, 0.6) is 0 Å². The standard InChI is InChI=1S/C13H23N3O5/c14-10(17)3-1-2-6-15-12(20)16-9-13(11(18)19)4-7-21-8-5-13/h1-9H2,(H2,14,17)(H,18,19)(H2,15,16,20). The van der Waals surface area contributed by atoms with E-state index in [2.05, 4.69) is 10.6 Å². The number of nitrogens with two attached hydrogens (primary N) is 1. The number of amides is 3. The number of carbonyl (C=O) groups is 3. The number of rotatable bonds is 8. The minimum absolute atomic E-state index is 0.0822. The highest BCUT2D eigenvalue weighted by atomic mass is 16.5. The Morgan fingerprint density at radius 3 is 2.38 bits per heavy atom. The summed E-state index contributed by atoms with van der Waals surface area (Å²) in [6.45, 7) is 1.28. The average Bonchev–Trinajstić information content (AvgIpc) is 2.45. The van der Waals surface area contributed by atoms with Crippen LogP contribution in [0, 0.1) is 5.41 Å². The van der Waals surface area contributed by atoms with E-state index >= 15 is 0 Å². The molecule has 0 spiro atoms. The quantitative estimate of drug-likeness (QED) is 0.462. The molecule has 0 radical (unpaired) electrons. The largest absolute Gasteiger partial charge is 0.481 e. The summed E-state index contributed by atoms with van der Waals surface area (Å²) in [5.74, 6) is -1.27. The molecule has 0 aromatic rings. The second kappa shape index (κ2) is 8.46. The number of nitrogens with one attached hydrogen (secondary N) is 2. The Balaban J connectivity index is 2.24. The van der Waals surface area contributed by atoms with Crippen molar-refractivity contribution in [1.82, 2.24) is 10.6 Å². The van der Waals surface area contributed by atoms with Crippen molar-refractivity contribution in [3.63, 3.8) is 0 Å². The van der Waals surface area contributed by atoms with Gasteiger partial charge in [0.05, 0.1) is 5.41 Å². The number of carbonyl (C=O) groups excluding carboxylic acids is 2. The van der Waals surface area contributed by atoms with Gasteiger partial charge in [0.15, 0.2) is 0 Å². The average molecular weight is 301 g/mol. The summed E-state index contributed by atoms with van der Waals surface area (Å²) in [6, 6.07) is -0.402. The Hall–Kier alpha value is -1.83. The summed E-state index contributed by atoms with van der Waals surface area (Å²) in [4.78, 5) is 33.5. The van der Waals surface area contributed by atoms with E-state index in [1.54, 1.807) is 0 Å². The Bertz CT molecular complexity index is 380. The van der Waals surface area contributed by atoms with Crippen LogP contribution in [-0.4, -0.2) is 49.3 Å². The smallest absolute Gasteiger partial charge is 0.314 e. The maximum Gasteiger partial charge on any atom is 0.314 e. The minimum atomic E-state index is -0.943. The Morgan fingerprint density at radius 2 is 1.81 bits per heavy atom. The third-order valence-corrected chi connectivity index (χ3v) is 3.63. The van der Waals surface area contributed by atoms with Crippen LogP contribution in [0.25, 0.3) is 0 Å². The van der Waals surface area contributed by atoms with Gasteiger partial charge >= 0.3 is 12.0 Å². The molecule has 120 valence electrons. The molecule has 0 saturated carbocycles. The maximum absolute atomic E-state index is 11.6. The zero-order valence-electron chi connectivity index (χ0n) is 12.0. The lowest BCUT2D eigenvalue weighted by Gasteiger charge is -2.33. The van der Waals surface area contributed by atoms with E-state index in [-0.39, 0.29) is 12.5 Å². The fourth-order valence-corrected chi connectivity index (χ4v) is 2.17. The van der Waals surface area contributed by atoms with Crippen LogP contribution in [0.1, 0.15) is 32.1 Å². The number of unbranched alkanes of at least 4 members (excludes halogenated alkanes) is 1. The minimum Gasteiger partial charge on any atom is -0.481 e. The first-order valence-corrected chi connectivity index (χ1v) is 7.07. The van der Waals surface area contributed by atoms with E-state index in [0.717, 1.165) is 0 Å². The summed E-state index contributed by atoms with van der Waals surface area (Å²) in [6.07, 6.45) is 2.34. The highest BCUT2D eigenvalue weighted by Crippen LogP contribution is 2.29. The third-order valence-electron chi connectivity index (χ3n) is 3.63. The van der Waals surface area contributed by atoms with E-state index in [9.17, 15) is 19.5 Å². The molecule has 5 N–H and O–H groups in total. The number of urea groups is 1. The van der Waals surface area contributed by atoms with Crippen LogP contribution in [0.15, 0.2) is 0 Å². The van der Waals surface area contributed by atoms with Crippen molar-refractivity contribution in [3.05, 3.63) is 0 Å². The summed E-state index contributed by atoms with van der Waals surface area (Å²) in [5.41, 5.74) is 4.06. The molecule has 0 aromatic heterocycles. The van der Waals surface area contributed by atoms with Crippen LogP contribution < -0.4 is 16.4 Å². The first-order chi connectivity index (χ1) is 9.96. The Kier molecular flexibility index (Phi) is 6.93. The fourth-order valence-electron chi connectivity index (χ4n) is 2.17. The number of hydrogen-bond donors (Lipinski definition) is 4. The molecule has 0 aliphatic carbocycles. The molecule has 1 fully saturated rings. The van der Waals surface area contributed by atoms with Gasteiger partial charge in [-0.25, -0.2) is 4.79 Å². The van der Waals surface area contributed by atoms with E-state index in [1.165, 1.54) is 0 Å². The van der Waals surface area contributed by atoms with Crippen molar-refractivity contribution in [2.75, 3.05) is 26.3 Å². The molecule has 0 bridgehead atoms. The highest BCUT2D eigenvalue weighted by Gasteiger charge is 2.40. The maximum atomic E-state index is 11.6. The molecule has 1 heterocycles. The van der Waals surface area contributed by atoms with E-state index < -0.39 is 17.4 Å². The molecule has 0 aromatic carbocycles. The zero-order chi connectivity index (χ0) is 15.7. The molecule has 21 heavy (non-hydrogen) atoms. The van der Waals surface area contributed by atoms with Crippen molar-refractivity contribution < 1.29 is 24.2 Å². The monoisotopic (exact) mass is 301 g/mol. The molecule has 8 nitrogen and oxygen atoms in total. The van der Waals surface area contributed by atoms with Gasteiger partial charge in [-0.15, -0.1) is 0 Å². The highest BCUT2D eigenvalue weighted by molar-refractivity contribution is 5.78. The van der Waals surface area contributed by atoms with Crippen molar-refractivity contribution in [2.45, 2.75) is 32.1 Å². The van der Waals surface area contributed by atoms with Gasteiger partial charge in [0.1, 0.15) is 0 Å². The van der Waals surface area contributed by atoms with E-state index in [4.69, 9.17) is 10.5 Å². The van der Waals surface area contributed by atoms with Crippen LogP contribution >= 0.6 is 0 Å². The number of hydrogen-bond acceptors (Lipinski definition) is 4. The number of aliphatic carboxylic acids is 1. The van der Waals surface area contributed by atoms with Gasteiger partial charge in [0.25, 0.3) is 0 Å². The predicted molar refractivity (Wildman–Crippen MR) is 74.6 cm³/mol. The number of carboxylic acids is 1. The van der Waals surface area contributed by atoms with Gasteiger partial charge in [-0.05, 0) is 25.7 Å². The van der Waals surface area contributed by atoms with Gasteiger partial charge in [-0.3, -0.25) is 9.59 Å². The first kappa shape index (κ1) is 17.2. The van der Waals surface area contributed by atoms with Crippen LogP contribution in [0.4, 0.5) is 4.79 Å². The van der Waals surface area contributed by atoms with Crippen LogP contribution in [0.2, 0.25) is 0 Å². The molecule has 8 heteroatoms. The van der Waals surface area contributed by atoms with Gasteiger partial charge in [0.2, 0.25) is 5.91 Å². The normalized spacial score (nSPS) is 17.0. The lowest BCUT2D eigenvalue weighted by molar-refractivity contribution is -0.154. The predicted octanol–water partition coefficient (Wildman–Crippen LogP) is -0.177. The van der Waals surface area contributed by atoms with Crippen molar-refractivity contribution in [3.8, 4) is 0 Å². The van der Waals surface area contributed by atoms with Crippen molar-refractivity contribution in [1.29, 1.82) is 0 Å². The lowest BCUT2D eigenvalue weighted by Crippen LogP contribution is -2.48. The number of ether oxygens (including phenoxy) is 1. The summed E-state index contributed by atoms with van der Waals surface area (Å²) < 4.78 is 5.16. The fraction of sp³-hybridized carbons (Fsp3) is 0.769. The van der Waals surface area contributed by atoms with Crippen molar-refractivity contribution >= 4 is 17.9 Å². The Labute approximate surface area is 123 Å². The first-order valence-electron chi connectivity index (χ1n) is 7.07. The molecular weight excluding hydrogens is 278 g/mol. The second-order valence-electron chi connectivity index (χ2n) is 5.23. The molecular formula is C13H23N3O5. The van der Waals surface area contributed by atoms with Gasteiger partial charge in [-0.1, -0.05) is 0 Å².